The molecule has 0 spiro atoms. The molecule has 0 aliphatic rings. The summed E-state index contributed by atoms with van der Waals surface area (Å²) in [6.45, 7) is 5.55. The van der Waals surface area contributed by atoms with E-state index in [1.54, 1.807) is 0 Å². The Kier molecular flexibility index (Phi) is 3.04. The summed E-state index contributed by atoms with van der Waals surface area (Å²) in [5, 5.41) is 0. The van der Waals surface area contributed by atoms with Gasteiger partial charge < -0.3 is 0 Å². The van der Waals surface area contributed by atoms with Gasteiger partial charge in [0.25, 0.3) is 0 Å². The van der Waals surface area contributed by atoms with Crippen molar-refractivity contribution in [1.82, 2.24) is 0 Å². The summed E-state index contributed by atoms with van der Waals surface area (Å²) in [7, 11) is 0. The monoisotopic (exact) mass is 166 g/mol. The lowest BCUT2D eigenvalue weighted by Gasteiger charge is -2.05. The minimum Gasteiger partial charge on any atom is -0.208 e. The molecule has 0 atom stereocenters. The summed E-state index contributed by atoms with van der Waals surface area (Å²) in [6, 6.07) is 0. The summed E-state index contributed by atoms with van der Waals surface area (Å²) in [5.74, 6) is -1.14. The van der Waals surface area contributed by atoms with Gasteiger partial charge in [-0.2, -0.15) is 13.2 Å². The standard InChI is InChI=1S/C7H6F4/c1-3-6(4-5(2)8)7(9,10)11/h3-4H,1-2H2. The number of alkyl halides is 3. The van der Waals surface area contributed by atoms with Crippen molar-refractivity contribution in [3.63, 3.8) is 0 Å². The van der Waals surface area contributed by atoms with Gasteiger partial charge in [0.1, 0.15) is 5.83 Å². The zero-order chi connectivity index (χ0) is 9.07. The number of rotatable bonds is 2. The summed E-state index contributed by atoms with van der Waals surface area (Å²) >= 11 is 0. The zero-order valence-corrected chi connectivity index (χ0v) is 5.58. The largest absolute Gasteiger partial charge is 0.416 e. The molecule has 0 unspecified atom stereocenters. The highest BCUT2D eigenvalue weighted by Gasteiger charge is 2.31. The van der Waals surface area contributed by atoms with Gasteiger partial charge in [-0.3, -0.25) is 0 Å². The molecule has 0 radical (unpaired) electrons. The highest BCUT2D eigenvalue weighted by atomic mass is 19.4. The Hall–Kier alpha value is -1.06. The second-order valence-electron chi connectivity index (χ2n) is 1.75. The van der Waals surface area contributed by atoms with Crippen LogP contribution in [0, 0.1) is 0 Å². The van der Waals surface area contributed by atoms with E-state index in [-0.39, 0.29) is 6.08 Å². The minimum absolute atomic E-state index is 0.285. The summed E-state index contributed by atoms with van der Waals surface area (Å²) in [6.07, 6.45) is -3.74. The summed E-state index contributed by atoms with van der Waals surface area (Å²) in [5.41, 5.74) is -1.13. The Morgan fingerprint density at radius 3 is 1.82 bits per heavy atom. The maximum absolute atomic E-state index is 11.9. The number of halogens is 4. The predicted octanol–water partition coefficient (Wildman–Crippen LogP) is 3.14. The molecule has 0 aromatic rings. The fourth-order valence-electron chi connectivity index (χ4n) is 0.425. The van der Waals surface area contributed by atoms with Crippen LogP contribution in [-0.4, -0.2) is 6.18 Å². The molecule has 0 fully saturated rings. The van der Waals surface area contributed by atoms with E-state index < -0.39 is 17.6 Å². The first kappa shape index (κ1) is 9.94. The van der Waals surface area contributed by atoms with Crippen LogP contribution in [0.15, 0.2) is 36.7 Å². The third-order valence-corrected chi connectivity index (χ3v) is 0.859. The van der Waals surface area contributed by atoms with Gasteiger partial charge in [0.05, 0.1) is 5.57 Å². The molecule has 0 saturated heterocycles. The summed E-state index contributed by atoms with van der Waals surface area (Å²) < 4.78 is 47.1. The Morgan fingerprint density at radius 1 is 1.27 bits per heavy atom. The van der Waals surface area contributed by atoms with Crippen LogP contribution < -0.4 is 0 Å². The first-order valence-electron chi connectivity index (χ1n) is 2.63. The van der Waals surface area contributed by atoms with E-state index in [9.17, 15) is 17.6 Å². The van der Waals surface area contributed by atoms with Crippen molar-refractivity contribution in [2.24, 2.45) is 0 Å². The van der Waals surface area contributed by atoms with E-state index in [4.69, 9.17) is 0 Å². The summed E-state index contributed by atoms with van der Waals surface area (Å²) in [4.78, 5) is 0. The molecule has 0 N–H and O–H groups in total. The highest BCUT2D eigenvalue weighted by Crippen LogP contribution is 2.27. The molecule has 0 aliphatic carbocycles. The van der Waals surface area contributed by atoms with Crippen LogP contribution in [0.4, 0.5) is 17.6 Å². The van der Waals surface area contributed by atoms with Gasteiger partial charge in [0.2, 0.25) is 0 Å². The normalized spacial score (nSPS) is 12.9. The van der Waals surface area contributed by atoms with Crippen molar-refractivity contribution in [1.29, 1.82) is 0 Å². The predicted molar refractivity (Wildman–Crippen MR) is 34.6 cm³/mol. The minimum atomic E-state index is -4.56. The van der Waals surface area contributed by atoms with E-state index in [2.05, 4.69) is 13.2 Å². The van der Waals surface area contributed by atoms with E-state index in [0.717, 1.165) is 0 Å². The van der Waals surface area contributed by atoms with E-state index in [0.29, 0.717) is 6.08 Å². The number of allylic oxidation sites excluding steroid dienone is 4. The molecule has 62 valence electrons. The lowest BCUT2D eigenvalue weighted by molar-refractivity contribution is -0.0882. The maximum Gasteiger partial charge on any atom is 0.416 e. The molecule has 0 nitrogen and oxygen atoms in total. The lowest BCUT2D eigenvalue weighted by atomic mass is 10.2. The van der Waals surface area contributed by atoms with Crippen molar-refractivity contribution in [2.75, 3.05) is 0 Å². The number of hydrogen-bond acceptors (Lipinski definition) is 0. The second kappa shape index (κ2) is 3.37. The molecule has 0 amide bonds. The smallest absolute Gasteiger partial charge is 0.208 e. The Balaban J connectivity index is 4.68. The highest BCUT2D eigenvalue weighted by molar-refractivity contribution is 5.27. The van der Waals surface area contributed by atoms with Gasteiger partial charge in [-0.15, -0.1) is 0 Å². The molecular weight excluding hydrogens is 160 g/mol. The average Bonchev–Trinajstić information content (AvgIpc) is 1.79. The molecule has 11 heavy (non-hydrogen) atoms. The van der Waals surface area contributed by atoms with Crippen molar-refractivity contribution in [2.45, 2.75) is 6.18 Å². The van der Waals surface area contributed by atoms with E-state index >= 15 is 0 Å². The van der Waals surface area contributed by atoms with Crippen LogP contribution in [0.25, 0.3) is 0 Å². The van der Waals surface area contributed by atoms with Gasteiger partial charge >= 0.3 is 6.18 Å². The van der Waals surface area contributed by atoms with Crippen molar-refractivity contribution in [3.05, 3.63) is 36.7 Å². The third kappa shape index (κ3) is 3.60. The van der Waals surface area contributed by atoms with Gasteiger partial charge in [-0.25, -0.2) is 4.39 Å². The fraction of sp³-hybridized carbons (Fsp3) is 0.143. The zero-order valence-electron chi connectivity index (χ0n) is 5.58. The molecule has 0 aliphatic heterocycles. The van der Waals surface area contributed by atoms with Gasteiger partial charge in [-0.1, -0.05) is 19.2 Å². The molecule has 0 rings (SSSR count). The second-order valence-corrected chi connectivity index (χ2v) is 1.75. The van der Waals surface area contributed by atoms with Gasteiger partial charge in [-0.05, 0) is 6.08 Å². The molecule has 0 heterocycles. The van der Waals surface area contributed by atoms with Crippen LogP contribution in [0.3, 0.4) is 0 Å². The Bertz CT molecular complexity index is 197. The van der Waals surface area contributed by atoms with Gasteiger partial charge in [0, 0.05) is 0 Å². The van der Waals surface area contributed by atoms with Crippen LogP contribution in [0.2, 0.25) is 0 Å². The molecule has 4 heteroatoms. The number of hydrogen-bond donors (Lipinski definition) is 0. The van der Waals surface area contributed by atoms with Crippen molar-refractivity contribution in [3.8, 4) is 0 Å². The first-order valence-corrected chi connectivity index (χ1v) is 2.63. The first-order chi connectivity index (χ1) is 4.88. The quantitative estimate of drug-likeness (QED) is 0.436. The average molecular weight is 166 g/mol. The molecule has 0 aromatic carbocycles. The lowest BCUT2D eigenvalue weighted by Crippen LogP contribution is -2.09. The molecule has 0 aromatic heterocycles. The molecule has 0 saturated carbocycles. The van der Waals surface area contributed by atoms with Crippen molar-refractivity contribution >= 4 is 0 Å². The molecule has 0 bridgehead atoms. The Labute approximate surface area is 61.5 Å². The van der Waals surface area contributed by atoms with E-state index in [1.165, 1.54) is 0 Å². The van der Waals surface area contributed by atoms with Crippen LogP contribution in [-0.2, 0) is 0 Å². The molecular formula is C7H6F4. The fourth-order valence-corrected chi connectivity index (χ4v) is 0.425. The maximum atomic E-state index is 11.9. The SMILES string of the molecule is C=CC(=CC(=C)F)C(F)(F)F. The van der Waals surface area contributed by atoms with Crippen molar-refractivity contribution < 1.29 is 17.6 Å². The van der Waals surface area contributed by atoms with Gasteiger partial charge in [0.15, 0.2) is 0 Å². The van der Waals surface area contributed by atoms with E-state index in [1.807, 2.05) is 0 Å². The van der Waals surface area contributed by atoms with Crippen LogP contribution in [0.5, 0.6) is 0 Å². The Morgan fingerprint density at radius 2 is 1.73 bits per heavy atom. The van der Waals surface area contributed by atoms with Crippen LogP contribution in [0.1, 0.15) is 0 Å². The van der Waals surface area contributed by atoms with Crippen LogP contribution >= 0.6 is 0 Å². The topological polar surface area (TPSA) is 0 Å². The third-order valence-electron chi connectivity index (χ3n) is 0.859.